The second-order valence-corrected chi connectivity index (χ2v) is 5.53. The zero-order valence-corrected chi connectivity index (χ0v) is 9.73. The first kappa shape index (κ1) is 10.8. The van der Waals surface area contributed by atoms with Crippen LogP contribution in [-0.2, 0) is 0 Å². The molecule has 0 heterocycles. The van der Waals surface area contributed by atoms with Crippen molar-refractivity contribution in [3.8, 4) is 0 Å². The Morgan fingerprint density at radius 3 is 2.29 bits per heavy atom. The molecule has 14 heavy (non-hydrogen) atoms. The van der Waals surface area contributed by atoms with Gasteiger partial charge < -0.3 is 5.32 Å². The summed E-state index contributed by atoms with van der Waals surface area (Å²) in [6.45, 7) is 1.22. The summed E-state index contributed by atoms with van der Waals surface area (Å²) in [6, 6.07) is 0.603. The Morgan fingerprint density at radius 2 is 1.57 bits per heavy atom. The number of rotatable bonds is 3. The Hall–Kier alpha value is 0.250. The zero-order valence-electron chi connectivity index (χ0n) is 8.97. The molecule has 0 saturated heterocycles. The van der Waals surface area contributed by atoms with E-state index in [0.29, 0.717) is 11.4 Å². The number of halogens is 1. The Morgan fingerprint density at radius 1 is 0.929 bits per heavy atom. The van der Waals surface area contributed by atoms with Gasteiger partial charge in [-0.15, -0.1) is 11.6 Å². The lowest BCUT2D eigenvalue weighted by molar-refractivity contribution is 0.352. The molecule has 2 heteroatoms. The number of hydrogen-bond acceptors (Lipinski definition) is 1. The molecule has 2 fully saturated rings. The van der Waals surface area contributed by atoms with Crippen molar-refractivity contribution in [3.05, 3.63) is 0 Å². The smallest absolute Gasteiger partial charge is 0.0489 e. The molecule has 0 spiro atoms. The Bertz CT molecular complexity index is 166. The lowest BCUT2D eigenvalue weighted by atomic mass is 9.94. The molecule has 0 bridgehead atoms. The van der Waals surface area contributed by atoms with Crippen molar-refractivity contribution in [3.63, 3.8) is 0 Å². The number of alkyl halides is 1. The summed E-state index contributed by atoms with van der Waals surface area (Å²) in [7, 11) is 0. The minimum absolute atomic E-state index is 0.394. The Kier molecular flexibility index (Phi) is 4.12. The highest BCUT2D eigenvalue weighted by atomic mass is 35.5. The van der Waals surface area contributed by atoms with E-state index in [-0.39, 0.29) is 0 Å². The molecular formula is C12H22ClN. The first-order valence-corrected chi connectivity index (χ1v) is 6.67. The monoisotopic (exact) mass is 215 g/mol. The molecule has 1 N–H and O–H groups in total. The summed E-state index contributed by atoms with van der Waals surface area (Å²) in [4.78, 5) is 0. The molecule has 0 aromatic rings. The standard InChI is InChI=1S/C12H22ClN/c13-11-7-3-4-8-12(11)14-9-10-5-1-2-6-10/h10-12,14H,1-9H2. The van der Waals surface area contributed by atoms with Crippen LogP contribution in [0.3, 0.4) is 0 Å². The van der Waals surface area contributed by atoms with Gasteiger partial charge in [0.25, 0.3) is 0 Å². The molecule has 2 atom stereocenters. The average molecular weight is 216 g/mol. The molecule has 2 saturated carbocycles. The van der Waals surface area contributed by atoms with E-state index in [2.05, 4.69) is 5.32 Å². The molecule has 0 radical (unpaired) electrons. The Balaban J connectivity index is 1.67. The van der Waals surface area contributed by atoms with Gasteiger partial charge in [0.1, 0.15) is 0 Å². The van der Waals surface area contributed by atoms with Gasteiger partial charge in [0.2, 0.25) is 0 Å². The molecule has 0 aromatic heterocycles. The highest BCUT2D eigenvalue weighted by Crippen LogP contribution is 2.26. The first-order chi connectivity index (χ1) is 6.86. The van der Waals surface area contributed by atoms with E-state index in [1.807, 2.05) is 0 Å². The molecule has 2 unspecified atom stereocenters. The van der Waals surface area contributed by atoms with Crippen molar-refractivity contribution in [2.45, 2.75) is 62.8 Å². The van der Waals surface area contributed by atoms with Gasteiger partial charge in [-0.25, -0.2) is 0 Å². The van der Waals surface area contributed by atoms with Crippen LogP contribution in [-0.4, -0.2) is 18.0 Å². The van der Waals surface area contributed by atoms with Gasteiger partial charge >= 0.3 is 0 Å². The quantitative estimate of drug-likeness (QED) is 0.713. The van der Waals surface area contributed by atoms with Gasteiger partial charge in [0, 0.05) is 11.4 Å². The van der Waals surface area contributed by atoms with Gasteiger partial charge in [0.15, 0.2) is 0 Å². The second kappa shape index (κ2) is 5.37. The van der Waals surface area contributed by atoms with E-state index in [1.165, 1.54) is 57.9 Å². The van der Waals surface area contributed by atoms with E-state index in [9.17, 15) is 0 Å². The van der Waals surface area contributed by atoms with Crippen LogP contribution in [0.25, 0.3) is 0 Å². The van der Waals surface area contributed by atoms with Gasteiger partial charge in [0.05, 0.1) is 0 Å². The average Bonchev–Trinajstić information content (AvgIpc) is 2.69. The fraction of sp³-hybridized carbons (Fsp3) is 1.00. The van der Waals surface area contributed by atoms with E-state index >= 15 is 0 Å². The molecule has 82 valence electrons. The highest BCUT2D eigenvalue weighted by molar-refractivity contribution is 6.21. The van der Waals surface area contributed by atoms with Gasteiger partial charge in [-0.1, -0.05) is 25.7 Å². The number of hydrogen-bond donors (Lipinski definition) is 1. The largest absolute Gasteiger partial charge is 0.312 e. The minimum atomic E-state index is 0.394. The van der Waals surface area contributed by atoms with E-state index in [1.54, 1.807) is 0 Å². The maximum absolute atomic E-state index is 6.31. The molecular weight excluding hydrogens is 194 g/mol. The zero-order chi connectivity index (χ0) is 9.80. The van der Waals surface area contributed by atoms with Crippen molar-refractivity contribution in [2.24, 2.45) is 5.92 Å². The van der Waals surface area contributed by atoms with Crippen LogP contribution < -0.4 is 5.32 Å². The predicted octanol–water partition coefficient (Wildman–Crippen LogP) is 3.32. The highest BCUT2D eigenvalue weighted by Gasteiger charge is 2.24. The SMILES string of the molecule is ClC1CCCCC1NCC1CCCC1. The molecule has 2 aliphatic carbocycles. The van der Waals surface area contributed by atoms with Crippen molar-refractivity contribution >= 4 is 11.6 Å². The fourth-order valence-corrected chi connectivity index (χ4v) is 3.22. The van der Waals surface area contributed by atoms with Crippen LogP contribution in [0.4, 0.5) is 0 Å². The second-order valence-electron chi connectivity index (χ2n) is 4.97. The molecule has 1 nitrogen and oxygen atoms in total. The Labute approximate surface area is 92.6 Å². The third-order valence-corrected chi connectivity index (χ3v) is 4.35. The topological polar surface area (TPSA) is 12.0 Å². The van der Waals surface area contributed by atoms with Crippen LogP contribution in [0, 0.1) is 5.92 Å². The third kappa shape index (κ3) is 2.87. The maximum atomic E-state index is 6.31. The summed E-state index contributed by atoms with van der Waals surface area (Å²) in [5.41, 5.74) is 0. The van der Waals surface area contributed by atoms with Crippen LogP contribution in [0.5, 0.6) is 0 Å². The van der Waals surface area contributed by atoms with Crippen molar-refractivity contribution < 1.29 is 0 Å². The third-order valence-electron chi connectivity index (χ3n) is 3.83. The lowest BCUT2D eigenvalue weighted by Gasteiger charge is -2.29. The summed E-state index contributed by atoms with van der Waals surface area (Å²) in [6.07, 6.45) is 11.0. The van der Waals surface area contributed by atoms with Crippen molar-refractivity contribution in [1.82, 2.24) is 5.32 Å². The predicted molar refractivity (Wildman–Crippen MR) is 61.9 cm³/mol. The van der Waals surface area contributed by atoms with E-state index < -0.39 is 0 Å². The molecule has 2 aliphatic rings. The summed E-state index contributed by atoms with van der Waals surface area (Å²) in [5, 5.41) is 4.08. The lowest BCUT2D eigenvalue weighted by Crippen LogP contribution is -2.41. The van der Waals surface area contributed by atoms with Gasteiger partial charge in [-0.05, 0) is 38.1 Å². The number of nitrogens with one attached hydrogen (secondary N) is 1. The maximum Gasteiger partial charge on any atom is 0.0489 e. The molecule has 0 amide bonds. The van der Waals surface area contributed by atoms with E-state index in [0.717, 1.165) is 5.92 Å². The van der Waals surface area contributed by atoms with Crippen LogP contribution in [0.1, 0.15) is 51.4 Å². The van der Waals surface area contributed by atoms with Gasteiger partial charge in [-0.3, -0.25) is 0 Å². The van der Waals surface area contributed by atoms with Gasteiger partial charge in [-0.2, -0.15) is 0 Å². The first-order valence-electron chi connectivity index (χ1n) is 6.24. The molecule has 2 rings (SSSR count). The molecule has 0 aromatic carbocycles. The van der Waals surface area contributed by atoms with Crippen LogP contribution in [0.2, 0.25) is 0 Å². The summed E-state index contributed by atoms with van der Waals surface area (Å²) in [5.74, 6) is 0.945. The van der Waals surface area contributed by atoms with Crippen molar-refractivity contribution in [1.29, 1.82) is 0 Å². The van der Waals surface area contributed by atoms with Crippen molar-refractivity contribution in [2.75, 3.05) is 6.54 Å². The van der Waals surface area contributed by atoms with E-state index in [4.69, 9.17) is 11.6 Å². The summed E-state index contributed by atoms with van der Waals surface area (Å²) < 4.78 is 0. The minimum Gasteiger partial charge on any atom is -0.312 e. The fourth-order valence-electron chi connectivity index (χ4n) is 2.85. The molecule has 0 aliphatic heterocycles. The van der Waals surface area contributed by atoms with Crippen LogP contribution >= 0.6 is 11.6 Å². The summed E-state index contributed by atoms with van der Waals surface area (Å²) >= 11 is 6.31. The van der Waals surface area contributed by atoms with Crippen LogP contribution in [0.15, 0.2) is 0 Å². The normalized spacial score (nSPS) is 34.9.